The molecule has 122 valence electrons. The first-order valence-corrected chi connectivity index (χ1v) is 8.11. The van der Waals surface area contributed by atoms with E-state index in [9.17, 15) is 14.7 Å². The Morgan fingerprint density at radius 1 is 1.43 bits per heavy atom. The first kappa shape index (κ1) is 15.7. The predicted molar refractivity (Wildman–Crippen MR) is 89.3 cm³/mol. The van der Waals surface area contributed by atoms with Crippen molar-refractivity contribution in [3.63, 3.8) is 0 Å². The van der Waals surface area contributed by atoms with Crippen LogP contribution >= 0.6 is 0 Å². The van der Waals surface area contributed by atoms with E-state index in [1.807, 2.05) is 24.3 Å². The van der Waals surface area contributed by atoms with Crippen molar-refractivity contribution in [1.29, 1.82) is 0 Å². The highest BCUT2D eigenvalue weighted by Gasteiger charge is 2.26. The fourth-order valence-electron chi connectivity index (χ4n) is 3.23. The van der Waals surface area contributed by atoms with Gasteiger partial charge in [-0.2, -0.15) is 0 Å². The Bertz CT molecular complexity index is 766. The second kappa shape index (κ2) is 6.54. The monoisotopic (exact) mass is 314 g/mol. The fourth-order valence-corrected chi connectivity index (χ4v) is 3.23. The Morgan fingerprint density at radius 2 is 2.22 bits per heavy atom. The van der Waals surface area contributed by atoms with Crippen LogP contribution in [0.15, 0.2) is 35.1 Å². The van der Waals surface area contributed by atoms with Crippen LogP contribution in [0.5, 0.6) is 0 Å². The first-order valence-electron chi connectivity index (χ1n) is 8.11. The molecule has 5 nitrogen and oxygen atoms in total. The van der Waals surface area contributed by atoms with E-state index in [1.54, 1.807) is 17.9 Å². The summed E-state index contributed by atoms with van der Waals surface area (Å²) in [5.74, 6) is 0.0821. The Kier molecular flexibility index (Phi) is 4.48. The Morgan fingerprint density at radius 3 is 3.00 bits per heavy atom. The number of likely N-dealkylation sites (tertiary alicyclic amines) is 1. The lowest BCUT2D eigenvalue weighted by atomic mass is 9.93. The van der Waals surface area contributed by atoms with Gasteiger partial charge in [0.1, 0.15) is 0 Å². The molecule has 1 aromatic heterocycles. The number of hydrogen-bond donors (Lipinski definition) is 2. The molecular formula is C18H22N2O3. The predicted octanol–water partition coefficient (Wildman–Crippen LogP) is 1.69. The van der Waals surface area contributed by atoms with Crippen molar-refractivity contribution in [2.45, 2.75) is 32.3 Å². The quantitative estimate of drug-likeness (QED) is 0.905. The van der Waals surface area contributed by atoms with E-state index in [1.165, 1.54) is 0 Å². The number of H-pyrrole nitrogens is 1. The van der Waals surface area contributed by atoms with Crippen molar-refractivity contribution >= 4 is 16.8 Å². The number of rotatable bonds is 3. The van der Waals surface area contributed by atoms with E-state index in [2.05, 4.69) is 4.98 Å². The smallest absolute Gasteiger partial charge is 0.252 e. The van der Waals surface area contributed by atoms with Crippen molar-refractivity contribution in [3.8, 4) is 0 Å². The number of para-hydroxylation sites is 1. The largest absolute Gasteiger partial charge is 0.393 e. The van der Waals surface area contributed by atoms with Gasteiger partial charge in [0.05, 0.1) is 12.5 Å². The normalized spacial score (nSPS) is 19.7. The average Bonchev–Trinajstić information content (AvgIpc) is 2.55. The van der Waals surface area contributed by atoms with E-state index in [4.69, 9.17) is 0 Å². The number of piperidine rings is 1. The molecule has 1 fully saturated rings. The Hall–Kier alpha value is -2.14. The van der Waals surface area contributed by atoms with Gasteiger partial charge in [0, 0.05) is 30.1 Å². The minimum absolute atomic E-state index is 0.0452. The highest BCUT2D eigenvalue weighted by molar-refractivity contribution is 5.82. The van der Waals surface area contributed by atoms with Crippen molar-refractivity contribution in [2.75, 3.05) is 13.1 Å². The van der Waals surface area contributed by atoms with Crippen LogP contribution in [0.25, 0.3) is 10.9 Å². The summed E-state index contributed by atoms with van der Waals surface area (Å²) in [5.41, 5.74) is 1.06. The zero-order valence-electron chi connectivity index (χ0n) is 13.3. The van der Waals surface area contributed by atoms with Crippen LogP contribution in [0.1, 0.15) is 25.3 Å². The highest BCUT2D eigenvalue weighted by atomic mass is 16.3. The van der Waals surface area contributed by atoms with Gasteiger partial charge >= 0.3 is 0 Å². The number of aromatic amines is 1. The Labute approximate surface area is 134 Å². The third-order valence-corrected chi connectivity index (χ3v) is 4.66. The van der Waals surface area contributed by atoms with Gasteiger partial charge in [-0.15, -0.1) is 0 Å². The minimum Gasteiger partial charge on any atom is -0.393 e. The SMILES string of the molecule is CC(O)C1CCCN(C(=O)Cc2cc3ccccc3[nH]c2=O)C1. The molecule has 2 aromatic rings. The van der Waals surface area contributed by atoms with Gasteiger partial charge in [0.25, 0.3) is 5.56 Å². The highest BCUT2D eigenvalue weighted by Crippen LogP contribution is 2.20. The van der Waals surface area contributed by atoms with Crippen LogP contribution < -0.4 is 5.56 Å². The fraction of sp³-hybridized carbons (Fsp3) is 0.444. The molecule has 1 saturated heterocycles. The van der Waals surface area contributed by atoms with Crippen molar-refractivity contribution in [3.05, 3.63) is 46.2 Å². The molecule has 3 rings (SSSR count). The summed E-state index contributed by atoms with van der Waals surface area (Å²) in [6.07, 6.45) is 1.54. The molecule has 2 unspecified atom stereocenters. The number of benzene rings is 1. The van der Waals surface area contributed by atoms with E-state index in [0.717, 1.165) is 23.7 Å². The van der Waals surface area contributed by atoms with E-state index < -0.39 is 6.10 Å². The summed E-state index contributed by atoms with van der Waals surface area (Å²) < 4.78 is 0. The maximum absolute atomic E-state index is 12.5. The van der Waals surface area contributed by atoms with Crippen LogP contribution in [0.2, 0.25) is 0 Å². The van der Waals surface area contributed by atoms with Crippen LogP contribution in [0.3, 0.4) is 0 Å². The molecule has 2 atom stereocenters. The third kappa shape index (κ3) is 3.45. The molecule has 0 aliphatic carbocycles. The number of carbonyl (C=O) groups is 1. The van der Waals surface area contributed by atoms with Gasteiger partial charge in [0.2, 0.25) is 5.91 Å². The molecule has 1 aromatic carbocycles. The zero-order valence-corrected chi connectivity index (χ0v) is 13.3. The number of aliphatic hydroxyl groups excluding tert-OH is 1. The number of nitrogens with zero attached hydrogens (tertiary/aromatic N) is 1. The molecule has 23 heavy (non-hydrogen) atoms. The van der Waals surface area contributed by atoms with Gasteiger partial charge in [0.15, 0.2) is 0 Å². The molecule has 0 saturated carbocycles. The second-order valence-electron chi connectivity index (χ2n) is 6.37. The van der Waals surface area contributed by atoms with Gasteiger partial charge in [-0.25, -0.2) is 0 Å². The molecule has 0 bridgehead atoms. The van der Waals surface area contributed by atoms with Crippen molar-refractivity contribution < 1.29 is 9.90 Å². The topological polar surface area (TPSA) is 73.4 Å². The van der Waals surface area contributed by atoms with E-state index in [0.29, 0.717) is 18.7 Å². The first-order chi connectivity index (χ1) is 11.0. The van der Waals surface area contributed by atoms with Gasteiger partial charge < -0.3 is 15.0 Å². The van der Waals surface area contributed by atoms with Crippen LogP contribution in [0.4, 0.5) is 0 Å². The van der Waals surface area contributed by atoms with Gasteiger partial charge in [-0.1, -0.05) is 18.2 Å². The number of amides is 1. The molecule has 0 spiro atoms. The van der Waals surface area contributed by atoms with Crippen LogP contribution in [-0.4, -0.2) is 40.1 Å². The Balaban J connectivity index is 1.77. The lowest BCUT2D eigenvalue weighted by Gasteiger charge is -2.34. The lowest BCUT2D eigenvalue weighted by molar-refractivity contribution is -0.133. The molecule has 2 heterocycles. The van der Waals surface area contributed by atoms with Gasteiger partial charge in [-0.3, -0.25) is 9.59 Å². The third-order valence-electron chi connectivity index (χ3n) is 4.66. The van der Waals surface area contributed by atoms with E-state index in [-0.39, 0.29) is 23.8 Å². The maximum atomic E-state index is 12.5. The molecular weight excluding hydrogens is 292 g/mol. The number of nitrogens with one attached hydrogen (secondary N) is 1. The van der Waals surface area contributed by atoms with Gasteiger partial charge in [-0.05, 0) is 37.3 Å². The molecule has 5 heteroatoms. The molecule has 1 aliphatic rings. The van der Waals surface area contributed by atoms with Crippen molar-refractivity contribution in [1.82, 2.24) is 9.88 Å². The van der Waals surface area contributed by atoms with Crippen molar-refractivity contribution in [2.24, 2.45) is 5.92 Å². The number of pyridine rings is 1. The summed E-state index contributed by atoms with van der Waals surface area (Å²) in [7, 11) is 0. The number of aliphatic hydroxyl groups is 1. The van der Waals surface area contributed by atoms with Crippen LogP contribution in [-0.2, 0) is 11.2 Å². The number of carbonyl (C=O) groups excluding carboxylic acids is 1. The lowest BCUT2D eigenvalue weighted by Crippen LogP contribution is -2.44. The number of hydrogen-bond acceptors (Lipinski definition) is 3. The molecule has 1 aliphatic heterocycles. The number of fused-ring (bicyclic) bond motifs is 1. The molecule has 1 amide bonds. The molecule has 0 radical (unpaired) electrons. The summed E-state index contributed by atoms with van der Waals surface area (Å²) in [4.78, 5) is 29.3. The summed E-state index contributed by atoms with van der Waals surface area (Å²) in [6.45, 7) is 3.04. The molecule has 2 N–H and O–H groups in total. The standard InChI is InChI=1S/C18H22N2O3/c1-12(21)14-6-4-8-20(11-14)17(22)10-15-9-13-5-2-3-7-16(13)19-18(15)23/h2-3,5,7,9,12,14,21H,4,6,8,10-11H2,1H3,(H,19,23). The number of aromatic nitrogens is 1. The second-order valence-corrected chi connectivity index (χ2v) is 6.37. The van der Waals surface area contributed by atoms with Crippen LogP contribution in [0, 0.1) is 5.92 Å². The van der Waals surface area contributed by atoms with E-state index >= 15 is 0 Å². The summed E-state index contributed by atoms with van der Waals surface area (Å²) in [6, 6.07) is 9.34. The minimum atomic E-state index is -0.408. The zero-order chi connectivity index (χ0) is 16.4. The summed E-state index contributed by atoms with van der Waals surface area (Å²) >= 11 is 0. The maximum Gasteiger partial charge on any atom is 0.252 e. The average molecular weight is 314 g/mol. The summed E-state index contributed by atoms with van der Waals surface area (Å²) in [5, 5.41) is 10.7.